The number of halogens is 3. The fourth-order valence-electron chi connectivity index (χ4n) is 2.22. The fraction of sp³-hybridized carbons (Fsp3) is 0.571. The molecule has 0 bridgehead atoms. The summed E-state index contributed by atoms with van der Waals surface area (Å²) in [6, 6.07) is 5.81. The van der Waals surface area contributed by atoms with E-state index >= 15 is 0 Å². The van der Waals surface area contributed by atoms with Crippen LogP contribution in [0.15, 0.2) is 24.3 Å². The lowest BCUT2D eigenvalue weighted by molar-refractivity contribution is -0.274. The Balaban J connectivity index is 1.92. The van der Waals surface area contributed by atoms with Crippen molar-refractivity contribution in [3.05, 3.63) is 29.8 Å². The van der Waals surface area contributed by atoms with Crippen molar-refractivity contribution in [3.63, 3.8) is 0 Å². The molecule has 1 aromatic rings. The topological polar surface area (TPSA) is 47.3 Å². The molecule has 3 nitrogen and oxygen atoms in total. The fourth-order valence-corrected chi connectivity index (χ4v) is 2.22. The van der Waals surface area contributed by atoms with Crippen molar-refractivity contribution in [1.82, 2.24) is 5.32 Å². The number of hydrogen-bond donors (Lipinski definition) is 2. The minimum absolute atomic E-state index is 0.0391. The lowest BCUT2D eigenvalue weighted by Gasteiger charge is -2.18. The molecule has 0 radical (unpaired) electrons. The van der Waals surface area contributed by atoms with Crippen LogP contribution in [0.5, 0.6) is 5.75 Å². The summed E-state index contributed by atoms with van der Waals surface area (Å²) in [5, 5.41) is 3.36. The van der Waals surface area contributed by atoms with Crippen molar-refractivity contribution in [2.24, 2.45) is 17.6 Å². The Labute approximate surface area is 116 Å². The van der Waals surface area contributed by atoms with Gasteiger partial charge in [0.2, 0.25) is 0 Å². The molecule has 0 heterocycles. The number of ether oxygens (including phenoxy) is 1. The Hall–Kier alpha value is -1.27. The normalized spacial score (nSPS) is 23.4. The molecule has 3 N–H and O–H groups in total. The predicted octanol–water partition coefficient (Wildman–Crippen LogP) is 2.83. The van der Waals surface area contributed by atoms with Crippen molar-refractivity contribution in [3.8, 4) is 5.75 Å². The molecule has 1 aliphatic rings. The number of nitrogens with one attached hydrogen (secondary N) is 1. The maximum atomic E-state index is 12.1. The van der Waals surface area contributed by atoms with E-state index in [0.717, 1.165) is 18.0 Å². The zero-order valence-corrected chi connectivity index (χ0v) is 11.3. The van der Waals surface area contributed by atoms with Crippen molar-refractivity contribution in [2.75, 3.05) is 13.1 Å². The van der Waals surface area contributed by atoms with Crippen LogP contribution in [0.3, 0.4) is 0 Å². The summed E-state index contributed by atoms with van der Waals surface area (Å²) in [4.78, 5) is 0. The second kappa shape index (κ2) is 6.01. The first-order valence-electron chi connectivity index (χ1n) is 6.68. The van der Waals surface area contributed by atoms with Gasteiger partial charge in [0.25, 0.3) is 0 Å². The van der Waals surface area contributed by atoms with E-state index < -0.39 is 6.36 Å². The van der Waals surface area contributed by atoms with Gasteiger partial charge in [0, 0.05) is 12.6 Å². The average Bonchev–Trinajstić information content (AvgIpc) is 3.06. The smallest absolute Gasteiger partial charge is 0.406 e. The molecule has 1 saturated carbocycles. The summed E-state index contributed by atoms with van der Waals surface area (Å²) in [7, 11) is 0. The van der Waals surface area contributed by atoms with Crippen LogP contribution in [0, 0.1) is 11.8 Å². The van der Waals surface area contributed by atoms with Gasteiger partial charge in [-0.05, 0) is 42.5 Å². The van der Waals surface area contributed by atoms with Crippen LogP contribution in [-0.4, -0.2) is 19.5 Å². The van der Waals surface area contributed by atoms with Crippen molar-refractivity contribution in [1.29, 1.82) is 0 Å². The molecule has 6 heteroatoms. The van der Waals surface area contributed by atoms with E-state index in [0.29, 0.717) is 12.5 Å². The summed E-state index contributed by atoms with van der Waals surface area (Å²) in [6.45, 7) is 3.50. The van der Waals surface area contributed by atoms with Crippen LogP contribution in [0.25, 0.3) is 0 Å². The van der Waals surface area contributed by atoms with Gasteiger partial charge in [0.05, 0.1) is 0 Å². The van der Waals surface area contributed by atoms with Gasteiger partial charge in [-0.15, -0.1) is 13.2 Å². The van der Waals surface area contributed by atoms with Crippen LogP contribution in [-0.2, 0) is 0 Å². The third-order valence-corrected chi connectivity index (χ3v) is 3.65. The molecule has 3 atom stereocenters. The van der Waals surface area contributed by atoms with Gasteiger partial charge in [-0.25, -0.2) is 0 Å². The molecule has 112 valence electrons. The first-order valence-corrected chi connectivity index (χ1v) is 6.68. The van der Waals surface area contributed by atoms with Crippen LogP contribution in [0.1, 0.15) is 24.9 Å². The third kappa shape index (κ3) is 4.38. The van der Waals surface area contributed by atoms with E-state index in [1.807, 2.05) is 0 Å². The molecular formula is C14H19F3N2O. The van der Waals surface area contributed by atoms with Gasteiger partial charge < -0.3 is 15.8 Å². The molecule has 20 heavy (non-hydrogen) atoms. The molecule has 0 spiro atoms. The summed E-state index contributed by atoms with van der Waals surface area (Å²) >= 11 is 0. The predicted molar refractivity (Wildman–Crippen MR) is 70.2 cm³/mol. The standard InChI is InChI=1S/C14H19F3N2O/c1-9-6-11(9)8-19-13(7-18)10-2-4-12(5-3-10)20-14(15,16)17/h2-5,9,11,13,19H,6-8,18H2,1H3. The van der Waals surface area contributed by atoms with Gasteiger partial charge in [0.15, 0.2) is 0 Å². The lowest BCUT2D eigenvalue weighted by atomic mass is 10.1. The minimum Gasteiger partial charge on any atom is -0.406 e. The van der Waals surface area contributed by atoms with Crippen molar-refractivity contribution < 1.29 is 17.9 Å². The molecule has 0 aliphatic heterocycles. The Bertz CT molecular complexity index is 433. The minimum atomic E-state index is -4.66. The Kier molecular flexibility index (Phi) is 4.55. The second-order valence-electron chi connectivity index (χ2n) is 5.29. The SMILES string of the molecule is CC1CC1CNC(CN)c1ccc(OC(F)(F)F)cc1. The molecular weight excluding hydrogens is 269 g/mol. The van der Waals surface area contributed by atoms with Crippen LogP contribution in [0.2, 0.25) is 0 Å². The van der Waals surface area contributed by atoms with Gasteiger partial charge >= 0.3 is 6.36 Å². The maximum absolute atomic E-state index is 12.1. The van der Waals surface area contributed by atoms with E-state index in [1.165, 1.54) is 18.6 Å². The molecule has 2 rings (SSSR count). The molecule has 0 aromatic heterocycles. The quantitative estimate of drug-likeness (QED) is 0.846. The van der Waals surface area contributed by atoms with E-state index in [-0.39, 0.29) is 11.8 Å². The van der Waals surface area contributed by atoms with E-state index in [2.05, 4.69) is 17.0 Å². The van der Waals surface area contributed by atoms with Crippen LogP contribution in [0.4, 0.5) is 13.2 Å². The van der Waals surface area contributed by atoms with E-state index in [1.54, 1.807) is 12.1 Å². The van der Waals surface area contributed by atoms with Crippen LogP contribution >= 0.6 is 0 Å². The highest BCUT2D eigenvalue weighted by Crippen LogP contribution is 2.37. The second-order valence-corrected chi connectivity index (χ2v) is 5.29. The third-order valence-electron chi connectivity index (χ3n) is 3.65. The Morgan fingerprint density at radius 3 is 2.40 bits per heavy atom. The molecule has 3 unspecified atom stereocenters. The number of benzene rings is 1. The number of rotatable bonds is 6. The first-order chi connectivity index (χ1) is 9.39. The summed E-state index contributed by atoms with van der Waals surface area (Å²) in [5.41, 5.74) is 6.58. The molecule has 1 aliphatic carbocycles. The highest BCUT2D eigenvalue weighted by molar-refractivity contribution is 5.29. The molecule has 1 aromatic carbocycles. The first kappa shape index (κ1) is 15.1. The lowest BCUT2D eigenvalue weighted by Crippen LogP contribution is -2.30. The molecule has 1 fully saturated rings. The average molecular weight is 288 g/mol. The van der Waals surface area contributed by atoms with Crippen molar-refractivity contribution >= 4 is 0 Å². The van der Waals surface area contributed by atoms with Crippen molar-refractivity contribution in [2.45, 2.75) is 25.7 Å². The number of hydrogen-bond acceptors (Lipinski definition) is 3. The monoisotopic (exact) mass is 288 g/mol. The summed E-state index contributed by atoms with van der Waals surface area (Å²) in [5.74, 6) is 1.23. The Morgan fingerprint density at radius 1 is 1.35 bits per heavy atom. The zero-order chi connectivity index (χ0) is 14.8. The summed E-state index contributed by atoms with van der Waals surface area (Å²) < 4.78 is 40.0. The number of nitrogens with two attached hydrogens (primary N) is 1. The van der Waals surface area contributed by atoms with Gasteiger partial charge in [-0.1, -0.05) is 19.1 Å². The van der Waals surface area contributed by atoms with Gasteiger partial charge in [0.1, 0.15) is 5.75 Å². The van der Waals surface area contributed by atoms with Gasteiger partial charge in [-0.3, -0.25) is 0 Å². The highest BCUT2D eigenvalue weighted by atomic mass is 19.4. The Morgan fingerprint density at radius 2 is 1.95 bits per heavy atom. The molecule has 0 saturated heterocycles. The largest absolute Gasteiger partial charge is 0.573 e. The zero-order valence-electron chi connectivity index (χ0n) is 11.3. The summed E-state index contributed by atoms with van der Waals surface area (Å²) in [6.07, 6.45) is -3.43. The van der Waals surface area contributed by atoms with E-state index in [4.69, 9.17) is 5.73 Å². The van der Waals surface area contributed by atoms with Crippen LogP contribution < -0.4 is 15.8 Å². The van der Waals surface area contributed by atoms with Gasteiger partial charge in [-0.2, -0.15) is 0 Å². The molecule has 0 amide bonds. The number of alkyl halides is 3. The van der Waals surface area contributed by atoms with E-state index in [9.17, 15) is 13.2 Å². The highest BCUT2D eigenvalue weighted by Gasteiger charge is 2.33. The maximum Gasteiger partial charge on any atom is 0.573 e.